The van der Waals surface area contributed by atoms with E-state index in [-0.39, 0.29) is 17.5 Å². The minimum absolute atomic E-state index is 0.0308. The molecule has 120 valence electrons. The molecule has 0 amide bonds. The van der Waals surface area contributed by atoms with Crippen molar-refractivity contribution in [3.8, 4) is 11.5 Å². The van der Waals surface area contributed by atoms with E-state index < -0.39 is 6.61 Å². The molecule has 21 heavy (non-hydrogen) atoms. The van der Waals surface area contributed by atoms with Crippen LogP contribution in [0.2, 0.25) is 0 Å². The maximum Gasteiger partial charge on any atom is 0.387 e. The average Bonchev–Trinajstić information content (AvgIpc) is 2.43. The molecule has 0 radical (unpaired) electrons. The third-order valence-electron chi connectivity index (χ3n) is 3.44. The molecule has 1 rings (SSSR count). The summed E-state index contributed by atoms with van der Waals surface area (Å²) in [6, 6.07) is 5.28. The zero-order valence-corrected chi connectivity index (χ0v) is 13.0. The predicted octanol–water partition coefficient (Wildman–Crippen LogP) is 3.03. The first-order chi connectivity index (χ1) is 9.94. The van der Waals surface area contributed by atoms with E-state index in [4.69, 9.17) is 10.5 Å². The van der Waals surface area contributed by atoms with Crippen LogP contribution in [-0.2, 0) is 0 Å². The second kappa shape index (κ2) is 8.14. The minimum atomic E-state index is -2.89. The van der Waals surface area contributed by atoms with Gasteiger partial charge in [-0.05, 0) is 38.1 Å². The first-order valence-corrected chi connectivity index (χ1v) is 7.03. The zero-order valence-electron chi connectivity index (χ0n) is 13.0. The number of halogens is 2. The Balaban J connectivity index is 3.15. The van der Waals surface area contributed by atoms with E-state index in [1.165, 1.54) is 7.11 Å². The molecular weight excluding hydrogens is 278 g/mol. The van der Waals surface area contributed by atoms with E-state index in [0.29, 0.717) is 12.6 Å². The molecule has 1 aromatic rings. The summed E-state index contributed by atoms with van der Waals surface area (Å²) in [6.45, 7) is 4.52. The minimum Gasteiger partial charge on any atom is -0.493 e. The van der Waals surface area contributed by atoms with Gasteiger partial charge in [0.1, 0.15) is 0 Å². The van der Waals surface area contributed by atoms with E-state index in [2.05, 4.69) is 23.5 Å². The van der Waals surface area contributed by atoms with Gasteiger partial charge < -0.3 is 15.2 Å². The fraction of sp³-hybridized carbons (Fsp3) is 0.600. The first kappa shape index (κ1) is 17.7. The third kappa shape index (κ3) is 4.54. The number of benzene rings is 1. The molecule has 0 aromatic heterocycles. The second-order valence-electron chi connectivity index (χ2n) is 4.96. The lowest BCUT2D eigenvalue weighted by molar-refractivity contribution is -0.0513. The van der Waals surface area contributed by atoms with Crippen molar-refractivity contribution in [1.29, 1.82) is 0 Å². The molecule has 0 saturated heterocycles. The van der Waals surface area contributed by atoms with Gasteiger partial charge in [-0.1, -0.05) is 13.0 Å². The topological polar surface area (TPSA) is 47.7 Å². The second-order valence-corrected chi connectivity index (χ2v) is 4.96. The molecule has 0 aliphatic heterocycles. The van der Waals surface area contributed by atoms with Crippen LogP contribution in [0.15, 0.2) is 18.2 Å². The summed E-state index contributed by atoms with van der Waals surface area (Å²) in [6.07, 6.45) is 0. The molecule has 2 N–H and O–H groups in total. The van der Waals surface area contributed by atoms with Crippen LogP contribution in [0.25, 0.3) is 0 Å². The van der Waals surface area contributed by atoms with Crippen molar-refractivity contribution in [2.75, 3.05) is 20.2 Å². The van der Waals surface area contributed by atoms with Crippen molar-refractivity contribution >= 4 is 0 Å². The van der Waals surface area contributed by atoms with Crippen molar-refractivity contribution in [1.82, 2.24) is 4.90 Å². The Labute approximate surface area is 124 Å². The van der Waals surface area contributed by atoms with Crippen LogP contribution >= 0.6 is 0 Å². The Morgan fingerprint density at radius 2 is 1.90 bits per heavy atom. The largest absolute Gasteiger partial charge is 0.493 e. The van der Waals surface area contributed by atoms with E-state index in [9.17, 15) is 8.78 Å². The van der Waals surface area contributed by atoms with Crippen LogP contribution in [0.1, 0.15) is 32.4 Å². The van der Waals surface area contributed by atoms with Gasteiger partial charge in [-0.3, -0.25) is 4.90 Å². The Bertz CT molecular complexity index is 442. The van der Waals surface area contributed by atoms with Crippen molar-refractivity contribution in [2.24, 2.45) is 5.73 Å². The van der Waals surface area contributed by atoms with Gasteiger partial charge in [-0.25, -0.2) is 0 Å². The molecule has 0 saturated carbocycles. The predicted molar refractivity (Wildman–Crippen MR) is 78.9 cm³/mol. The van der Waals surface area contributed by atoms with Crippen LogP contribution in [0.3, 0.4) is 0 Å². The quantitative estimate of drug-likeness (QED) is 0.802. The van der Waals surface area contributed by atoms with Crippen molar-refractivity contribution in [3.63, 3.8) is 0 Å². The molecule has 0 aliphatic rings. The number of methoxy groups -OCH3 is 1. The van der Waals surface area contributed by atoms with Crippen LogP contribution in [0.5, 0.6) is 11.5 Å². The van der Waals surface area contributed by atoms with E-state index in [0.717, 1.165) is 12.1 Å². The lowest BCUT2D eigenvalue weighted by Gasteiger charge is -2.33. The number of ether oxygens (including phenoxy) is 2. The van der Waals surface area contributed by atoms with Crippen molar-refractivity contribution in [3.05, 3.63) is 23.8 Å². The molecular formula is C15H24F2N2O2. The molecule has 4 nitrogen and oxygen atoms in total. The highest BCUT2D eigenvalue weighted by Crippen LogP contribution is 2.33. The molecule has 1 aromatic carbocycles. The number of likely N-dealkylation sites (N-methyl/N-ethyl adjacent to an activating group) is 1. The number of nitrogens with zero attached hydrogens (tertiary/aromatic N) is 1. The summed E-state index contributed by atoms with van der Waals surface area (Å²) < 4.78 is 34.6. The number of nitrogens with two attached hydrogens (primary N) is 1. The maximum absolute atomic E-state index is 12.5. The Morgan fingerprint density at radius 3 is 2.33 bits per heavy atom. The van der Waals surface area contributed by atoms with Crippen LogP contribution in [0.4, 0.5) is 8.78 Å². The fourth-order valence-electron chi connectivity index (χ4n) is 2.50. The number of hydrogen-bond donors (Lipinski definition) is 1. The van der Waals surface area contributed by atoms with E-state index in [1.54, 1.807) is 12.1 Å². The first-order valence-electron chi connectivity index (χ1n) is 7.03. The summed E-state index contributed by atoms with van der Waals surface area (Å²) in [5.41, 5.74) is 6.72. The highest BCUT2D eigenvalue weighted by molar-refractivity contribution is 5.44. The summed E-state index contributed by atoms with van der Waals surface area (Å²) in [5.74, 6) is 0.311. The number of hydrogen-bond acceptors (Lipinski definition) is 4. The van der Waals surface area contributed by atoms with Gasteiger partial charge in [0.2, 0.25) is 0 Å². The lowest BCUT2D eigenvalue weighted by atomic mass is 10.0. The number of alkyl halides is 2. The summed E-state index contributed by atoms with van der Waals surface area (Å²) in [4.78, 5) is 2.20. The van der Waals surface area contributed by atoms with Crippen molar-refractivity contribution < 1.29 is 18.3 Å². The van der Waals surface area contributed by atoms with Gasteiger partial charge in [0.15, 0.2) is 11.5 Å². The molecule has 0 bridgehead atoms. The van der Waals surface area contributed by atoms with Crippen LogP contribution in [0, 0.1) is 0 Å². The standard InChI is InChI=1S/C15H24F2N2O2/c1-5-19(10(2)3)12(9-18)11-6-7-13(20-4)14(8-11)21-15(16)17/h6-8,10,12,15H,5,9,18H2,1-4H3. The lowest BCUT2D eigenvalue weighted by Crippen LogP contribution is -2.38. The van der Waals surface area contributed by atoms with E-state index >= 15 is 0 Å². The Morgan fingerprint density at radius 1 is 1.24 bits per heavy atom. The van der Waals surface area contributed by atoms with Gasteiger partial charge in [0.25, 0.3) is 0 Å². The maximum atomic E-state index is 12.5. The van der Waals surface area contributed by atoms with Gasteiger partial charge in [0, 0.05) is 18.6 Å². The molecule has 1 atom stereocenters. The monoisotopic (exact) mass is 302 g/mol. The van der Waals surface area contributed by atoms with Crippen LogP contribution in [-0.4, -0.2) is 37.8 Å². The van der Waals surface area contributed by atoms with Crippen LogP contribution < -0.4 is 15.2 Å². The summed E-state index contributed by atoms with van der Waals surface area (Å²) in [5, 5.41) is 0. The summed E-state index contributed by atoms with van der Waals surface area (Å²) >= 11 is 0. The number of rotatable bonds is 8. The molecule has 1 unspecified atom stereocenters. The highest BCUT2D eigenvalue weighted by Gasteiger charge is 2.22. The van der Waals surface area contributed by atoms with Gasteiger partial charge in [-0.2, -0.15) is 8.78 Å². The van der Waals surface area contributed by atoms with Gasteiger partial charge in [-0.15, -0.1) is 0 Å². The average molecular weight is 302 g/mol. The SMILES string of the molecule is CCN(C(C)C)C(CN)c1ccc(OC)c(OC(F)F)c1. The smallest absolute Gasteiger partial charge is 0.387 e. The third-order valence-corrected chi connectivity index (χ3v) is 3.44. The molecule has 0 aliphatic carbocycles. The zero-order chi connectivity index (χ0) is 16.0. The molecule has 0 heterocycles. The van der Waals surface area contributed by atoms with E-state index in [1.807, 2.05) is 13.0 Å². The fourth-order valence-corrected chi connectivity index (χ4v) is 2.50. The van der Waals surface area contributed by atoms with Crippen molar-refractivity contribution in [2.45, 2.75) is 39.5 Å². The molecule has 0 spiro atoms. The molecule has 0 fully saturated rings. The Kier molecular flexibility index (Phi) is 6.84. The van der Waals surface area contributed by atoms with Gasteiger partial charge in [0.05, 0.1) is 7.11 Å². The summed E-state index contributed by atoms with van der Waals surface area (Å²) in [7, 11) is 1.42. The Hall–Kier alpha value is -1.40. The highest BCUT2D eigenvalue weighted by atomic mass is 19.3. The molecule has 6 heteroatoms. The normalized spacial score (nSPS) is 13.0. The van der Waals surface area contributed by atoms with Gasteiger partial charge >= 0.3 is 6.61 Å².